The van der Waals surface area contributed by atoms with Gasteiger partial charge < -0.3 is 10.6 Å². The summed E-state index contributed by atoms with van der Waals surface area (Å²) in [5.74, 6) is 2.58. The smallest absolute Gasteiger partial charge is 0.225 e. The van der Waals surface area contributed by atoms with Gasteiger partial charge in [0.15, 0.2) is 0 Å². The van der Waals surface area contributed by atoms with Crippen molar-refractivity contribution in [2.24, 2.45) is 5.92 Å². The Hall–Kier alpha value is -1.36. The van der Waals surface area contributed by atoms with E-state index in [1.807, 2.05) is 7.05 Å². The van der Waals surface area contributed by atoms with Crippen LogP contribution >= 0.6 is 11.3 Å². The van der Waals surface area contributed by atoms with Crippen LogP contribution < -0.4 is 10.6 Å². The van der Waals surface area contributed by atoms with Gasteiger partial charge in [-0.15, -0.1) is 11.3 Å². The highest BCUT2D eigenvalue weighted by Gasteiger charge is 2.15. The summed E-state index contributed by atoms with van der Waals surface area (Å²) in [6.07, 6.45) is 6.88. The van der Waals surface area contributed by atoms with Crippen molar-refractivity contribution in [3.63, 3.8) is 0 Å². The number of aryl methyl sites for hydroxylation is 1. The van der Waals surface area contributed by atoms with Gasteiger partial charge in [-0.3, -0.25) is 0 Å². The fraction of sp³-hybridized carbons (Fsp3) is 0.600. The zero-order chi connectivity index (χ0) is 13.9. The number of nitrogens with zero attached hydrogens (tertiary/aromatic N) is 2. The summed E-state index contributed by atoms with van der Waals surface area (Å²) in [4.78, 5) is 11.4. The van der Waals surface area contributed by atoms with E-state index >= 15 is 0 Å². The molecule has 0 bridgehead atoms. The van der Waals surface area contributed by atoms with Crippen molar-refractivity contribution in [3.05, 3.63) is 10.9 Å². The van der Waals surface area contributed by atoms with Crippen LogP contribution in [0.15, 0.2) is 6.07 Å². The van der Waals surface area contributed by atoms with Crippen molar-refractivity contribution >= 4 is 33.3 Å². The van der Waals surface area contributed by atoms with Crippen molar-refractivity contribution in [2.75, 3.05) is 24.2 Å². The van der Waals surface area contributed by atoms with E-state index in [1.54, 1.807) is 11.3 Å². The van der Waals surface area contributed by atoms with Crippen LogP contribution in [0.2, 0.25) is 0 Å². The maximum Gasteiger partial charge on any atom is 0.225 e. The molecule has 0 saturated heterocycles. The quantitative estimate of drug-likeness (QED) is 0.872. The fourth-order valence-electron chi connectivity index (χ4n) is 2.98. The molecule has 2 heterocycles. The minimum absolute atomic E-state index is 0.697. The second-order valence-electron chi connectivity index (χ2n) is 5.59. The molecule has 4 nitrogen and oxygen atoms in total. The maximum atomic E-state index is 4.57. The molecule has 0 unspecified atom stereocenters. The lowest BCUT2D eigenvalue weighted by atomic mass is 10.0. The topological polar surface area (TPSA) is 49.8 Å². The Labute approximate surface area is 124 Å². The van der Waals surface area contributed by atoms with E-state index in [-0.39, 0.29) is 0 Å². The Balaban J connectivity index is 1.74. The van der Waals surface area contributed by atoms with Crippen LogP contribution in [0.25, 0.3) is 10.2 Å². The Bertz CT molecular complexity index is 587. The number of nitrogens with one attached hydrogen (secondary N) is 2. The van der Waals surface area contributed by atoms with Gasteiger partial charge in [-0.2, -0.15) is 4.98 Å². The average molecular weight is 290 g/mol. The average Bonchev–Trinajstić information content (AvgIpc) is 3.06. The van der Waals surface area contributed by atoms with E-state index in [0.29, 0.717) is 5.95 Å². The third kappa shape index (κ3) is 2.87. The van der Waals surface area contributed by atoms with Crippen molar-refractivity contribution < 1.29 is 0 Å². The lowest BCUT2D eigenvalue weighted by Gasteiger charge is -2.11. The standard InChI is InChI=1S/C15H22N4S/c1-10-9-12-13(17-8-7-11-5-3-4-6-11)18-15(16-2)19-14(12)20-10/h9,11H,3-8H2,1-2H3,(H2,16,17,18,19). The molecular formula is C15H22N4S. The molecule has 0 aromatic carbocycles. The first kappa shape index (κ1) is 13.6. The molecule has 0 atom stereocenters. The third-order valence-corrected chi connectivity index (χ3v) is 5.00. The van der Waals surface area contributed by atoms with Crippen LogP contribution in [-0.4, -0.2) is 23.6 Å². The molecule has 1 aliphatic rings. The molecule has 108 valence electrons. The molecule has 1 fully saturated rings. The molecule has 0 amide bonds. The lowest BCUT2D eigenvalue weighted by Crippen LogP contribution is -2.09. The van der Waals surface area contributed by atoms with Crippen LogP contribution in [0.1, 0.15) is 37.0 Å². The molecule has 0 radical (unpaired) electrons. The molecule has 1 saturated carbocycles. The lowest BCUT2D eigenvalue weighted by molar-refractivity contribution is 0.518. The minimum atomic E-state index is 0.697. The number of rotatable bonds is 5. The number of hydrogen-bond donors (Lipinski definition) is 2. The Morgan fingerprint density at radius 1 is 1.30 bits per heavy atom. The summed E-state index contributed by atoms with van der Waals surface area (Å²) in [6.45, 7) is 3.13. The highest BCUT2D eigenvalue weighted by atomic mass is 32.1. The minimum Gasteiger partial charge on any atom is -0.369 e. The second kappa shape index (κ2) is 5.95. The number of anilines is 2. The van der Waals surface area contributed by atoms with Crippen LogP contribution in [-0.2, 0) is 0 Å². The summed E-state index contributed by atoms with van der Waals surface area (Å²) in [7, 11) is 1.87. The number of aromatic nitrogens is 2. The van der Waals surface area contributed by atoms with Crippen LogP contribution in [0.4, 0.5) is 11.8 Å². The molecule has 5 heteroatoms. The van der Waals surface area contributed by atoms with Crippen molar-refractivity contribution in [1.29, 1.82) is 0 Å². The van der Waals surface area contributed by atoms with Crippen LogP contribution in [0.3, 0.4) is 0 Å². The number of fused-ring (bicyclic) bond motifs is 1. The molecule has 2 aromatic rings. The van der Waals surface area contributed by atoms with Gasteiger partial charge in [-0.25, -0.2) is 4.98 Å². The van der Waals surface area contributed by atoms with Gasteiger partial charge in [0.1, 0.15) is 10.6 Å². The largest absolute Gasteiger partial charge is 0.369 e. The van der Waals surface area contributed by atoms with Crippen LogP contribution in [0.5, 0.6) is 0 Å². The van der Waals surface area contributed by atoms with Gasteiger partial charge in [0.2, 0.25) is 5.95 Å². The first-order valence-corrected chi connectivity index (χ1v) is 8.27. The van der Waals surface area contributed by atoms with Gasteiger partial charge in [-0.1, -0.05) is 25.7 Å². The van der Waals surface area contributed by atoms with E-state index in [4.69, 9.17) is 0 Å². The molecule has 2 aromatic heterocycles. The monoisotopic (exact) mass is 290 g/mol. The predicted molar refractivity (Wildman–Crippen MR) is 86.8 cm³/mol. The van der Waals surface area contributed by atoms with Crippen molar-refractivity contribution in [2.45, 2.75) is 39.0 Å². The fourth-order valence-corrected chi connectivity index (χ4v) is 3.86. The van der Waals surface area contributed by atoms with Gasteiger partial charge in [0, 0.05) is 18.5 Å². The second-order valence-corrected chi connectivity index (χ2v) is 6.82. The van der Waals surface area contributed by atoms with E-state index in [0.717, 1.165) is 28.5 Å². The molecule has 1 aliphatic carbocycles. The normalized spacial score (nSPS) is 15.9. The first-order valence-electron chi connectivity index (χ1n) is 7.46. The number of hydrogen-bond acceptors (Lipinski definition) is 5. The van der Waals surface area contributed by atoms with E-state index in [2.05, 4.69) is 33.6 Å². The number of thiophene rings is 1. The van der Waals surface area contributed by atoms with Gasteiger partial charge in [0.05, 0.1) is 5.39 Å². The summed E-state index contributed by atoms with van der Waals surface area (Å²) in [6, 6.07) is 2.18. The summed E-state index contributed by atoms with van der Waals surface area (Å²) < 4.78 is 0. The van der Waals surface area contributed by atoms with Crippen LogP contribution in [0, 0.1) is 12.8 Å². The van der Waals surface area contributed by atoms with E-state index < -0.39 is 0 Å². The Morgan fingerprint density at radius 3 is 2.85 bits per heavy atom. The third-order valence-electron chi connectivity index (χ3n) is 4.06. The van der Waals surface area contributed by atoms with Crippen molar-refractivity contribution in [1.82, 2.24) is 9.97 Å². The summed E-state index contributed by atoms with van der Waals surface area (Å²) in [5.41, 5.74) is 0. The Kier molecular flexibility index (Phi) is 4.05. The molecule has 3 rings (SSSR count). The molecule has 0 aliphatic heterocycles. The summed E-state index contributed by atoms with van der Waals surface area (Å²) in [5, 5.41) is 7.71. The molecular weight excluding hydrogens is 268 g/mol. The van der Waals surface area contributed by atoms with E-state index in [9.17, 15) is 0 Å². The zero-order valence-corrected chi connectivity index (χ0v) is 13.0. The highest BCUT2D eigenvalue weighted by molar-refractivity contribution is 7.18. The SMILES string of the molecule is CNc1nc(NCCC2CCCC2)c2cc(C)sc2n1. The zero-order valence-electron chi connectivity index (χ0n) is 12.2. The highest BCUT2D eigenvalue weighted by Crippen LogP contribution is 2.30. The van der Waals surface area contributed by atoms with Crippen molar-refractivity contribution in [3.8, 4) is 0 Å². The molecule has 20 heavy (non-hydrogen) atoms. The van der Waals surface area contributed by atoms with Gasteiger partial charge >= 0.3 is 0 Å². The maximum absolute atomic E-state index is 4.57. The predicted octanol–water partition coefficient (Wildman–Crippen LogP) is 4.03. The summed E-state index contributed by atoms with van der Waals surface area (Å²) >= 11 is 1.72. The first-order chi connectivity index (χ1) is 9.76. The van der Waals surface area contributed by atoms with Gasteiger partial charge in [-0.05, 0) is 25.3 Å². The van der Waals surface area contributed by atoms with E-state index in [1.165, 1.54) is 37.0 Å². The Morgan fingerprint density at radius 2 is 2.10 bits per heavy atom. The molecule has 0 spiro atoms. The molecule has 2 N–H and O–H groups in total. The van der Waals surface area contributed by atoms with Gasteiger partial charge in [0.25, 0.3) is 0 Å².